The minimum Gasteiger partial charge on any atom is -0.465 e. The quantitative estimate of drug-likeness (QED) is 0.471. The fraction of sp³-hybridized carbons (Fsp3) is 0.409. The van der Waals surface area contributed by atoms with Crippen LogP contribution in [0.3, 0.4) is 0 Å². The number of Topliss-reactive ketones (excluding diaryl/α,β-unsaturated/α-hetero) is 1. The largest absolute Gasteiger partial charge is 0.465 e. The molecule has 1 aromatic carbocycles. The van der Waals surface area contributed by atoms with Crippen LogP contribution in [0.25, 0.3) is 0 Å². The summed E-state index contributed by atoms with van der Waals surface area (Å²) >= 11 is 0. The molecule has 1 aromatic heterocycles. The molecule has 2 aromatic rings. The van der Waals surface area contributed by atoms with Crippen molar-refractivity contribution < 1.29 is 28.2 Å². The number of esters is 2. The first-order valence-corrected chi connectivity index (χ1v) is 9.78. The van der Waals surface area contributed by atoms with E-state index in [-0.39, 0.29) is 44.4 Å². The Balaban J connectivity index is 2.22. The lowest BCUT2D eigenvalue weighted by atomic mass is 10.1. The Morgan fingerprint density at radius 1 is 1.00 bits per heavy atom. The number of hydrogen-bond acceptors (Lipinski definition) is 6. The van der Waals surface area contributed by atoms with Gasteiger partial charge in [-0.25, -0.2) is 9.18 Å². The van der Waals surface area contributed by atoms with Gasteiger partial charge in [0.2, 0.25) is 0 Å². The summed E-state index contributed by atoms with van der Waals surface area (Å²) < 4.78 is 23.2. The SMILES string of the molecule is CCOC(=O)CN(CC(=O)c1[nH]c(C)c(C(=O)OCC)c1C)Cc1ccc(F)cc1. The third kappa shape index (κ3) is 6.00. The van der Waals surface area contributed by atoms with E-state index in [0.717, 1.165) is 5.56 Å². The van der Waals surface area contributed by atoms with Crippen molar-refractivity contribution >= 4 is 17.7 Å². The van der Waals surface area contributed by atoms with Gasteiger partial charge >= 0.3 is 11.9 Å². The number of rotatable bonds is 10. The third-order valence-corrected chi connectivity index (χ3v) is 4.54. The predicted octanol–water partition coefficient (Wildman–Crippen LogP) is 3.20. The molecule has 0 fully saturated rings. The van der Waals surface area contributed by atoms with Crippen LogP contribution in [0.15, 0.2) is 24.3 Å². The molecular weight excluding hydrogens is 391 g/mol. The molecule has 0 spiro atoms. The van der Waals surface area contributed by atoms with Gasteiger partial charge in [-0.05, 0) is 51.0 Å². The number of nitrogens with zero attached hydrogens (tertiary/aromatic N) is 1. The van der Waals surface area contributed by atoms with Crippen molar-refractivity contribution in [3.05, 3.63) is 58.2 Å². The molecule has 0 aliphatic rings. The zero-order valence-electron chi connectivity index (χ0n) is 17.7. The molecule has 7 nitrogen and oxygen atoms in total. The maximum absolute atomic E-state index is 13.2. The van der Waals surface area contributed by atoms with E-state index in [1.54, 1.807) is 44.7 Å². The highest BCUT2D eigenvalue weighted by Gasteiger charge is 2.25. The summed E-state index contributed by atoms with van der Waals surface area (Å²) in [5.41, 5.74) is 2.44. The monoisotopic (exact) mass is 418 g/mol. The van der Waals surface area contributed by atoms with Crippen LogP contribution < -0.4 is 0 Å². The lowest BCUT2D eigenvalue weighted by Crippen LogP contribution is -2.35. The van der Waals surface area contributed by atoms with E-state index >= 15 is 0 Å². The molecule has 0 amide bonds. The van der Waals surface area contributed by atoms with Crippen LogP contribution in [0, 0.1) is 19.7 Å². The lowest BCUT2D eigenvalue weighted by Gasteiger charge is -2.20. The average molecular weight is 418 g/mol. The van der Waals surface area contributed by atoms with E-state index in [4.69, 9.17) is 9.47 Å². The molecule has 0 radical (unpaired) electrons. The van der Waals surface area contributed by atoms with Gasteiger partial charge in [0.25, 0.3) is 0 Å². The number of ketones is 1. The Bertz CT molecular complexity index is 905. The Labute approximate surface area is 175 Å². The molecule has 2 rings (SSSR count). The number of aryl methyl sites for hydroxylation is 1. The number of aromatic nitrogens is 1. The van der Waals surface area contributed by atoms with Crippen molar-refractivity contribution in [3.63, 3.8) is 0 Å². The van der Waals surface area contributed by atoms with Crippen LogP contribution >= 0.6 is 0 Å². The molecule has 30 heavy (non-hydrogen) atoms. The van der Waals surface area contributed by atoms with Gasteiger partial charge in [-0.15, -0.1) is 0 Å². The van der Waals surface area contributed by atoms with Crippen molar-refractivity contribution in [2.45, 2.75) is 34.2 Å². The smallest absolute Gasteiger partial charge is 0.340 e. The van der Waals surface area contributed by atoms with Crippen LogP contribution in [0.2, 0.25) is 0 Å². The summed E-state index contributed by atoms with van der Waals surface area (Å²) in [7, 11) is 0. The number of aromatic amines is 1. The molecule has 0 aliphatic heterocycles. The van der Waals surface area contributed by atoms with Crippen molar-refractivity contribution in [2.75, 3.05) is 26.3 Å². The van der Waals surface area contributed by atoms with Crippen LogP contribution in [-0.2, 0) is 20.8 Å². The second kappa shape index (κ2) is 10.7. The Kier molecular flexibility index (Phi) is 8.29. The Morgan fingerprint density at radius 2 is 1.63 bits per heavy atom. The molecule has 0 saturated heterocycles. The molecule has 0 bridgehead atoms. The first kappa shape index (κ1) is 23.3. The van der Waals surface area contributed by atoms with E-state index in [2.05, 4.69) is 4.98 Å². The number of carbonyl (C=O) groups excluding carboxylic acids is 3. The van der Waals surface area contributed by atoms with Crippen LogP contribution in [0.5, 0.6) is 0 Å². The van der Waals surface area contributed by atoms with Gasteiger partial charge in [0.15, 0.2) is 5.78 Å². The second-order valence-electron chi connectivity index (χ2n) is 6.85. The van der Waals surface area contributed by atoms with Crippen molar-refractivity contribution in [1.82, 2.24) is 9.88 Å². The fourth-order valence-corrected chi connectivity index (χ4v) is 3.23. The number of H-pyrrole nitrogens is 1. The van der Waals surface area contributed by atoms with Crippen molar-refractivity contribution in [1.29, 1.82) is 0 Å². The minimum absolute atomic E-state index is 0.0841. The number of carbonyl (C=O) groups is 3. The highest BCUT2D eigenvalue weighted by molar-refractivity contribution is 6.02. The molecule has 0 saturated carbocycles. The van der Waals surface area contributed by atoms with Gasteiger partial charge in [-0.1, -0.05) is 12.1 Å². The van der Waals surface area contributed by atoms with Crippen molar-refractivity contribution in [3.8, 4) is 0 Å². The number of halogens is 1. The topological polar surface area (TPSA) is 88.7 Å². The molecule has 0 atom stereocenters. The Morgan fingerprint density at radius 3 is 2.23 bits per heavy atom. The molecule has 0 aliphatic carbocycles. The van der Waals surface area contributed by atoms with Gasteiger partial charge < -0.3 is 14.5 Å². The summed E-state index contributed by atoms with van der Waals surface area (Å²) in [6.45, 7) is 7.34. The van der Waals surface area contributed by atoms with Gasteiger partial charge in [-0.2, -0.15) is 0 Å². The summed E-state index contributed by atoms with van der Waals surface area (Å²) in [4.78, 5) is 41.7. The van der Waals surface area contributed by atoms with Crippen LogP contribution in [-0.4, -0.2) is 53.9 Å². The summed E-state index contributed by atoms with van der Waals surface area (Å²) in [6, 6.07) is 5.84. The number of benzene rings is 1. The summed E-state index contributed by atoms with van der Waals surface area (Å²) in [5, 5.41) is 0. The number of ether oxygens (including phenoxy) is 2. The normalized spacial score (nSPS) is 10.9. The summed E-state index contributed by atoms with van der Waals surface area (Å²) in [6.07, 6.45) is 0. The number of nitrogens with one attached hydrogen (secondary N) is 1. The van der Waals surface area contributed by atoms with Gasteiger partial charge in [0, 0.05) is 12.2 Å². The molecule has 1 heterocycles. The van der Waals surface area contributed by atoms with Crippen molar-refractivity contribution in [2.24, 2.45) is 0 Å². The average Bonchev–Trinajstić information content (AvgIpc) is 2.98. The maximum atomic E-state index is 13.2. The molecular formula is C22H27FN2O5. The number of hydrogen-bond donors (Lipinski definition) is 1. The summed E-state index contributed by atoms with van der Waals surface area (Å²) in [5.74, 6) is -1.59. The highest BCUT2D eigenvalue weighted by Crippen LogP contribution is 2.20. The first-order valence-electron chi connectivity index (χ1n) is 9.78. The second-order valence-corrected chi connectivity index (χ2v) is 6.85. The van der Waals surface area contributed by atoms with Gasteiger partial charge in [0.1, 0.15) is 5.82 Å². The van der Waals surface area contributed by atoms with E-state index in [1.165, 1.54) is 12.1 Å². The molecule has 1 N–H and O–H groups in total. The zero-order valence-corrected chi connectivity index (χ0v) is 17.7. The third-order valence-electron chi connectivity index (χ3n) is 4.54. The lowest BCUT2D eigenvalue weighted by molar-refractivity contribution is -0.144. The van der Waals surface area contributed by atoms with E-state index in [0.29, 0.717) is 22.5 Å². The Hall–Kier alpha value is -3.00. The molecule has 8 heteroatoms. The standard InChI is InChI=1S/C22H27FN2O5/c1-5-29-19(27)13-25(11-16-7-9-17(23)10-8-16)12-18(26)21-14(3)20(15(4)24-21)22(28)30-6-2/h7-10,24H,5-6,11-13H2,1-4H3. The predicted molar refractivity (Wildman–Crippen MR) is 109 cm³/mol. The minimum atomic E-state index is -0.488. The fourth-order valence-electron chi connectivity index (χ4n) is 3.23. The highest BCUT2D eigenvalue weighted by atomic mass is 19.1. The van der Waals surface area contributed by atoms with Gasteiger partial charge in [0.05, 0.1) is 37.6 Å². The molecule has 0 unspecified atom stereocenters. The van der Waals surface area contributed by atoms with E-state index in [1.807, 2.05) is 0 Å². The zero-order chi connectivity index (χ0) is 22.3. The first-order chi connectivity index (χ1) is 14.3. The van der Waals surface area contributed by atoms with Crippen LogP contribution in [0.1, 0.15) is 51.5 Å². The van der Waals surface area contributed by atoms with Crippen LogP contribution in [0.4, 0.5) is 4.39 Å². The molecule has 162 valence electrons. The maximum Gasteiger partial charge on any atom is 0.340 e. The van der Waals surface area contributed by atoms with E-state index in [9.17, 15) is 18.8 Å². The van der Waals surface area contributed by atoms with Gasteiger partial charge in [-0.3, -0.25) is 14.5 Å². The van der Waals surface area contributed by atoms with E-state index < -0.39 is 11.9 Å².